The molecule has 3 N–H and O–H groups in total. The van der Waals surface area contributed by atoms with E-state index < -0.39 is 30.0 Å². The summed E-state index contributed by atoms with van der Waals surface area (Å²) in [5, 5.41) is 19.8. The molecule has 0 spiro atoms. The molecule has 11 nitrogen and oxygen atoms in total. The molecule has 11 heteroatoms. The van der Waals surface area contributed by atoms with Gasteiger partial charge in [-0.2, -0.15) is 5.10 Å². The number of likely N-dealkylation sites (tertiary alicyclic amines) is 1. The van der Waals surface area contributed by atoms with E-state index in [9.17, 15) is 24.3 Å². The zero-order valence-electron chi connectivity index (χ0n) is 21.0. The van der Waals surface area contributed by atoms with Gasteiger partial charge in [0.05, 0.1) is 23.4 Å². The third-order valence-corrected chi connectivity index (χ3v) is 7.37. The van der Waals surface area contributed by atoms with Crippen LogP contribution < -0.4 is 10.6 Å². The Hall–Kier alpha value is -3.73. The van der Waals surface area contributed by atoms with E-state index in [1.165, 1.54) is 0 Å². The Bertz CT molecular complexity index is 1230. The largest absolute Gasteiger partial charge is 0.380 e. The number of amides is 4. The molecular weight excluding hydrogens is 476 g/mol. The fraction of sp³-hybridized carbons (Fsp3) is 0.500. The monoisotopic (exact) mass is 508 g/mol. The van der Waals surface area contributed by atoms with Crippen LogP contribution >= 0.6 is 0 Å². The Morgan fingerprint density at radius 1 is 1.14 bits per heavy atom. The smallest absolute Gasteiger partial charge is 0.264 e. The molecule has 1 aromatic carbocycles. The first kappa shape index (κ1) is 24.9. The standard InChI is InChI=1S/C26H32N6O5/c1-15(2)24(35)30-10-8-17(9-11-30)31-14-16(13-28-31)12-27-19-5-3-4-18-22(19)26(37)32(25(18)36)20-6-7-21(33)29-23(20)34/h3-5,13-15,17,20-21,27,33H,6-12H2,1-2H3,(H,29,34). The Balaban J connectivity index is 1.24. The second kappa shape index (κ2) is 9.97. The van der Waals surface area contributed by atoms with Gasteiger partial charge in [-0.1, -0.05) is 19.9 Å². The minimum absolute atomic E-state index is 0.000314. The van der Waals surface area contributed by atoms with Crippen LogP contribution in [-0.4, -0.2) is 73.7 Å². The van der Waals surface area contributed by atoms with Gasteiger partial charge in [-0.25, -0.2) is 0 Å². The lowest BCUT2D eigenvalue weighted by molar-refractivity contribution is -0.135. The number of hydrogen-bond acceptors (Lipinski definition) is 7. The van der Waals surface area contributed by atoms with Crippen molar-refractivity contribution in [3.8, 4) is 0 Å². The van der Waals surface area contributed by atoms with Gasteiger partial charge in [0, 0.05) is 43.0 Å². The summed E-state index contributed by atoms with van der Waals surface area (Å²) >= 11 is 0. The Labute approximate surface area is 214 Å². The molecule has 2 aromatic rings. The fourth-order valence-corrected chi connectivity index (χ4v) is 5.34. The number of carbonyl (C=O) groups is 4. The number of hydrogen-bond donors (Lipinski definition) is 3. The van der Waals surface area contributed by atoms with Crippen LogP contribution in [0.2, 0.25) is 0 Å². The van der Waals surface area contributed by atoms with Crippen LogP contribution in [0.15, 0.2) is 30.6 Å². The molecule has 2 fully saturated rings. The van der Waals surface area contributed by atoms with Crippen molar-refractivity contribution in [2.75, 3.05) is 18.4 Å². The lowest BCUT2D eigenvalue weighted by atomic mass is 10.0. The number of piperidine rings is 2. The minimum atomic E-state index is -0.966. The number of benzene rings is 1. The first-order valence-electron chi connectivity index (χ1n) is 12.8. The predicted molar refractivity (Wildman–Crippen MR) is 133 cm³/mol. The summed E-state index contributed by atoms with van der Waals surface area (Å²) in [6.07, 6.45) is 4.95. The number of imide groups is 1. The Morgan fingerprint density at radius 3 is 2.59 bits per heavy atom. The normalized spacial score (nSPS) is 22.4. The number of nitrogens with zero attached hydrogens (tertiary/aromatic N) is 4. The highest BCUT2D eigenvalue weighted by Gasteiger charge is 2.45. The topological polar surface area (TPSA) is 137 Å². The van der Waals surface area contributed by atoms with Gasteiger partial charge < -0.3 is 20.6 Å². The summed E-state index contributed by atoms with van der Waals surface area (Å²) in [5.41, 5.74) is 1.95. The van der Waals surface area contributed by atoms with Gasteiger partial charge in [0.25, 0.3) is 11.8 Å². The van der Waals surface area contributed by atoms with Crippen molar-refractivity contribution in [2.45, 2.75) is 64.4 Å². The summed E-state index contributed by atoms with van der Waals surface area (Å²) in [5.74, 6) is -1.37. The number of nitrogens with one attached hydrogen (secondary N) is 2. The molecule has 3 aliphatic rings. The number of aliphatic hydroxyl groups is 1. The van der Waals surface area contributed by atoms with E-state index in [1.807, 2.05) is 29.6 Å². The van der Waals surface area contributed by atoms with Crippen molar-refractivity contribution in [3.63, 3.8) is 0 Å². The zero-order chi connectivity index (χ0) is 26.3. The molecule has 3 aliphatic heterocycles. The highest BCUT2D eigenvalue weighted by atomic mass is 16.3. The maximum Gasteiger partial charge on any atom is 0.264 e. The van der Waals surface area contributed by atoms with Crippen molar-refractivity contribution >= 4 is 29.3 Å². The van der Waals surface area contributed by atoms with E-state index in [2.05, 4.69) is 15.7 Å². The average Bonchev–Trinajstić information content (AvgIpc) is 3.46. The molecule has 2 unspecified atom stereocenters. The van der Waals surface area contributed by atoms with Gasteiger partial charge in [-0.3, -0.25) is 28.8 Å². The molecule has 0 radical (unpaired) electrons. The molecule has 0 bridgehead atoms. The quantitative estimate of drug-likeness (QED) is 0.503. The highest BCUT2D eigenvalue weighted by molar-refractivity contribution is 6.25. The SMILES string of the molecule is CC(C)C(=O)N1CCC(n2cc(CNc3cccc4c3C(=O)N(C3CCC(O)NC3=O)C4=O)cn2)CC1. The van der Waals surface area contributed by atoms with Crippen LogP contribution in [0.4, 0.5) is 5.69 Å². The van der Waals surface area contributed by atoms with Crippen molar-refractivity contribution in [3.05, 3.63) is 47.3 Å². The minimum Gasteiger partial charge on any atom is -0.380 e. The molecule has 1 aromatic heterocycles. The van der Waals surface area contributed by atoms with Gasteiger partial charge >= 0.3 is 0 Å². The lowest BCUT2D eigenvalue weighted by Crippen LogP contribution is -2.55. The van der Waals surface area contributed by atoms with Crippen LogP contribution in [0.1, 0.15) is 71.9 Å². The third kappa shape index (κ3) is 4.71. The van der Waals surface area contributed by atoms with E-state index in [0.29, 0.717) is 12.2 Å². The number of carbonyl (C=O) groups excluding carboxylic acids is 4. The molecule has 5 rings (SSSR count). The van der Waals surface area contributed by atoms with Gasteiger partial charge in [-0.15, -0.1) is 0 Å². The second-order valence-corrected chi connectivity index (χ2v) is 10.2. The van der Waals surface area contributed by atoms with Crippen LogP contribution in [-0.2, 0) is 16.1 Å². The molecule has 2 saturated heterocycles. The van der Waals surface area contributed by atoms with Gasteiger partial charge in [0.15, 0.2) is 0 Å². The molecule has 0 saturated carbocycles. The van der Waals surface area contributed by atoms with Crippen molar-refractivity contribution in [1.29, 1.82) is 0 Å². The second-order valence-electron chi connectivity index (χ2n) is 10.2. The first-order valence-corrected chi connectivity index (χ1v) is 12.8. The average molecular weight is 509 g/mol. The molecular formula is C26H32N6O5. The van der Waals surface area contributed by atoms with Crippen molar-refractivity contribution < 1.29 is 24.3 Å². The van der Waals surface area contributed by atoms with E-state index in [0.717, 1.165) is 36.4 Å². The Kier molecular flexibility index (Phi) is 6.72. The number of aliphatic hydroxyl groups excluding tert-OH is 1. The summed E-state index contributed by atoms with van der Waals surface area (Å²) in [6, 6.07) is 4.31. The van der Waals surface area contributed by atoms with Crippen molar-refractivity contribution in [2.24, 2.45) is 5.92 Å². The van der Waals surface area contributed by atoms with Gasteiger partial charge in [-0.05, 0) is 37.8 Å². The molecule has 4 amide bonds. The van der Waals surface area contributed by atoms with Crippen molar-refractivity contribution in [1.82, 2.24) is 24.9 Å². The zero-order valence-corrected chi connectivity index (χ0v) is 21.0. The molecule has 196 valence electrons. The number of anilines is 1. The summed E-state index contributed by atoms with van der Waals surface area (Å²) < 4.78 is 1.94. The number of aromatic nitrogens is 2. The van der Waals surface area contributed by atoms with Crippen LogP contribution in [0.3, 0.4) is 0 Å². The van der Waals surface area contributed by atoms with E-state index in [4.69, 9.17) is 0 Å². The van der Waals surface area contributed by atoms with Gasteiger partial charge in [0.2, 0.25) is 11.8 Å². The summed E-state index contributed by atoms with van der Waals surface area (Å²) in [6.45, 7) is 5.68. The first-order chi connectivity index (χ1) is 17.7. The lowest BCUT2D eigenvalue weighted by Gasteiger charge is -2.33. The van der Waals surface area contributed by atoms with Crippen LogP contribution in [0, 0.1) is 5.92 Å². The van der Waals surface area contributed by atoms with Gasteiger partial charge in [0.1, 0.15) is 12.3 Å². The molecule has 4 heterocycles. The summed E-state index contributed by atoms with van der Waals surface area (Å²) in [4.78, 5) is 53.9. The fourth-order valence-electron chi connectivity index (χ4n) is 5.34. The van der Waals surface area contributed by atoms with E-state index >= 15 is 0 Å². The molecule has 0 aliphatic carbocycles. The maximum absolute atomic E-state index is 13.3. The predicted octanol–water partition coefficient (Wildman–Crippen LogP) is 1.51. The third-order valence-electron chi connectivity index (χ3n) is 7.37. The maximum atomic E-state index is 13.3. The number of fused-ring (bicyclic) bond motifs is 1. The van der Waals surface area contributed by atoms with Crippen LogP contribution in [0.5, 0.6) is 0 Å². The molecule has 2 atom stereocenters. The van der Waals surface area contributed by atoms with E-state index in [-0.39, 0.29) is 41.8 Å². The molecule has 37 heavy (non-hydrogen) atoms. The van der Waals surface area contributed by atoms with Crippen LogP contribution in [0.25, 0.3) is 0 Å². The van der Waals surface area contributed by atoms with E-state index in [1.54, 1.807) is 24.4 Å². The summed E-state index contributed by atoms with van der Waals surface area (Å²) in [7, 11) is 0. The highest BCUT2D eigenvalue weighted by Crippen LogP contribution is 2.33. The number of rotatable bonds is 6. The Morgan fingerprint density at radius 2 is 1.89 bits per heavy atom.